The van der Waals surface area contributed by atoms with Crippen molar-refractivity contribution in [1.29, 1.82) is 0 Å². The van der Waals surface area contributed by atoms with Crippen LogP contribution in [0.3, 0.4) is 0 Å². The minimum Gasteiger partial charge on any atom is -0.492 e. The van der Waals surface area contributed by atoms with Crippen molar-refractivity contribution >= 4 is 21.6 Å². The van der Waals surface area contributed by atoms with E-state index in [4.69, 9.17) is 10.5 Å². The molecule has 1 atom stereocenters. The lowest BCUT2D eigenvalue weighted by molar-refractivity contribution is -0.119. The maximum atomic E-state index is 12.9. The lowest BCUT2D eigenvalue weighted by atomic mass is 10.2. The number of benzene rings is 2. The van der Waals surface area contributed by atoms with Crippen LogP contribution in [0.1, 0.15) is 12.8 Å². The van der Waals surface area contributed by atoms with Crippen LogP contribution < -0.4 is 15.8 Å². The van der Waals surface area contributed by atoms with Crippen molar-refractivity contribution in [3.05, 3.63) is 54.6 Å². The molecule has 3 rings (SSSR count). The number of sulfonamides is 1. The maximum Gasteiger partial charge on any atom is 0.243 e. The molecule has 8 heteroatoms. The number of nitrogens with one attached hydrogen (secondary N) is 1. The highest BCUT2D eigenvalue weighted by Gasteiger charge is 2.39. The Hall–Kier alpha value is -2.42. The van der Waals surface area contributed by atoms with E-state index in [1.165, 1.54) is 4.31 Å². The van der Waals surface area contributed by atoms with Gasteiger partial charge in [-0.2, -0.15) is 4.31 Å². The van der Waals surface area contributed by atoms with E-state index < -0.39 is 16.1 Å². The molecule has 1 unspecified atom stereocenters. The maximum absolute atomic E-state index is 12.9. The zero-order valence-corrected chi connectivity index (χ0v) is 15.7. The van der Waals surface area contributed by atoms with Gasteiger partial charge in [0.1, 0.15) is 18.4 Å². The fraction of sp³-hybridized carbons (Fsp3) is 0.316. The minimum atomic E-state index is -3.70. The Balaban J connectivity index is 1.70. The van der Waals surface area contributed by atoms with E-state index in [0.717, 1.165) is 0 Å². The second-order valence-corrected chi connectivity index (χ2v) is 8.13. The molecule has 27 heavy (non-hydrogen) atoms. The molecule has 0 spiro atoms. The van der Waals surface area contributed by atoms with E-state index in [1.807, 2.05) is 0 Å². The Morgan fingerprint density at radius 2 is 1.85 bits per heavy atom. The van der Waals surface area contributed by atoms with E-state index >= 15 is 0 Å². The van der Waals surface area contributed by atoms with Gasteiger partial charge < -0.3 is 15.8 Å². The first-order chi connectivity index (χ1) is 13.0. The number of amides is 1. The number of carbonyl (C=O) groups is 1. The van der Waals surface area contributed by atoms with Crippen molar-refractivity contribution in [2.24, 2.45) is 5.73 Å². The molecule has 1 fully saturated rings. The quantitative estimate of drug-likeness (QED) is 0.752. The summed E-state index contributed by atoms with van der Waals surface area (Å²) in [4.78, 5) is 12.9. The zero-order chi connectivity index (χ0) is 19.3. The van der Waals surface area contributed by atoms with Gasteiger partial charge in [-0.25, -0.2) is 8.42 Å². The summed E-state index contributed by atoms with van der Waals surface area (Å²) in [6.07, 6.45) is 1.14. The van der Waals surface area contributed by atoms with Crippen LogP contribution in [0.25, 0.3) is 0 Å². The van der Waals surface area contributed by atoms with E-state index in [2.05, 4.69) is 5.32 Å². The van der Waals surface area contributed by atoms with Crippen molar-refractivity contribution < 1.29 is 17.9 Å². The zero-order valence-electron chi connectivity index (χ0n) is 14.9. The number of nitrogens with zero attached hydrogens (tertiary/aromatic N) is 1. The van der Waals surface area contributed by atoms with Crippen LogP contribution in [0.4, 0.5) is 5.69 Å². The van der Waals surface area contributed by atoms with Gasteiger partial charge in [0.25, 0.3) is 0 Å². The van der Waals surface area contributed by atoms with Crippen molar-refractivity contribution in [2.75, 3.05) is 25.0 Å². The third kappa shape index (κ3) is 4.47. The second kappa shape index (κ2) is 8.51. The average Bonchev–Trinajstić information content (AvgIpc) is 3.19. The molecule has 1 aliphatic rings. The molecule has 0 radical (unpaired) electrons. The summed E-state index contributed by atoms with van der Waals surface area (Å²) in [6.45, 7) is 1.17. The minimum absolute atomic E-state index is 0.200. The smallest absolute Gasteiger partial charge is 0.243 e. The molecule has 0 aliphatic carbocycles. The topological polar surface area (TPSA) is 102 Å². The molecule has 1 amide bonds. The number of hydrogen-bond donors (Lipinski definition) is 2. The van der Waals surface area contributed by atoms with E-state index in [-0.39, 0.29) is 10.8 Å². The van der Waals surface area contributed by atoms with Gasteiger partial charge in [0.2, 0.25) is 15.9 Å². The summed E-state index contributed by atoms with van der Waals surface area (Å²) in [5.41, 5.74) is 5.98. The van der Waals surface area contributed by atoms with Crippen LogP contribution in [0.2, 0.25) is 0 Å². The average molecular weight is 389 g/mol. The fourth-order valence-corrected chi connectivity index (χ4v) is 4.73. The van der Waals surface area contributed by atoms with Gasteiger partial charge in [0, 0.05) is 18.8 Å². The van der Waals surface area contributed by atoms with Gasteiger partial charge in [-0.15, -0.1) is 0 Å². The normalized spacial score (nSPS) is 17.6. The van der Waals surface area contributed by atoms with Gasteiger partial charge in [-0.05, 0) is 49.2 Å². The number of rotatable bonds is 7. The second-order valence-electron chi connectivity index (χ2n) is 6.24. The summed E-state index contributed by atoms with van der Waals surface area (Å²) >= 11 is 0. The Kier molecular flexibility index (Phi) is 6.10. The molecule has 7 nitrogen and oxygen atoms in total. The van der Waals surface area contributed by atoms with Crippen molar-refractivity contribution in [2.45, 2.75) is 23.8 Å². The third-order valence-corrected chi connectivity index (χ3v) is 6.29. The molecule has 1 aliphatic heterocycles. The Morgan fingerprint density at radius 3 is 2.52 bits per heavy atom. The first-order valence-electron chi connectivity index (χ1n) is 8.83. The van der Waals surface area contributed by atoms with Crippen molar-refractivity contribution in [1.82, 2.24) is 4.31 Å². The standard InChI is InChI=1S/C19H23N3O4S/c20-12-14-26-16-10-8-15(9-11-16)21-19(23)18-7-4-13-22(18)27(24,25)17-5-2-1-3-6-17/h1-3,5-6,8-11,18H,4,7,12-14,20H2,(H,21,23). The highest BCUT2D eigenvalue weighted by Crippen LogP contribution is 2.27. The first kappa shape index (κ1) is 19.3. The predicted octanol–water partition coefficient (Wildman–Crippen LogP) is 1.82. The van der Waals surface area contributed by atoms with Gasteiger partial charge in [0.05, 0.1) is 4.90 Å². The lowest BCUT2D eigenvalue weighted by Gasteiger charge is -2.23. The van der Waals surface area contributed by atoms with Crippen LogP contribution >= 0.6 is 0 Å². The number of ether oxygens (including phenoxy) is 1. The molecule has 0 bridgehead atoms. The molecule has 0 saturated carbocycles. The molecule has 144 valence electrons. The summed E-state index contributed by atoms with van der Waals surface area (Å²) in [7, 11) is -3.70. The van der Waals surface area contributed by atoms with Crippen molar-refractivity contribution in [3.63, 3.8) is 0 Å². The van der Waals surface area contributed by atoms with Crippen LogP contribution in [-0.2, 0) is 14.8 Å². The molecular weight excluding hydrogens is 366 g/mol. The van der Waals surface area contributed by atoms with Crippen LogP contribution in [0.5, 0.6) is 5.75 Å². The van der Waals surface area contributed by atoms with Crippen LogP contribution in [-0.4, -0.2) is 44.4 Å². The SMILES string of the molecule is NCCOc1ccc(NC(=O)C2CCCN2S(=O)(=O)c2ccccc2)cc1. The number of carbonyl (C=O) groups excluding carboxylic acids is 1. The third-order valence-electron chi connectivity index (χ3n) is 4.36. The molecule has 3 N–H and O–H groups in total. The van der Waals surface area contributed by atoms with Crippen LogP contribution in [0, 0.1) is 0 Å². The Morgan fingerprint density at radius 1 is 1.15 bits per heavy atom. The number of hydrogen-bond acceptors (Lipinski definition) is 5. The van der Waals surface area contributed by atoms with Gasteiger partial charge >= 0.3 is 0 Å². The summed E-state index contributed by atoms with van der Waals surface area (Å²) in [6, 6.07) is 14.4. The molecule has 2 aromatic rings. The Labute approximate surface area is 159 Å². The molecule has 1 saturated heterocycles. The van der Waals surface area contributed by atoms with Gasteiger partial charge in [-0.1, -0.05) is 18.2 Å². The molecule has 2 aromatic carbocycles. The highest BCUT2D eigenvalue weighted by molar-refractivity contribution is 7.89. The van der Waals surface area contributed by atoms with Crippen LogP contribution in [0.15, 0.2) is 59.5 Å². The number of anilines is 1. The lowest BCUT2D eigenvalue weighted by Crippen LogP contribution is -2.43. The molecule has 1 heterocycles. The molecular formula is C19H23N3O4S. The first-order valence-corrected chi connectivity index (χ1v) is 10.3. The molecule has 0 aromatic heterocycles. The highest BCUT2D eigenvalue weighted by atomic mass is 32.2. The predicted molar refractivity (Wildman–Crippen MR) is 103 cm³/mol. The van der Waals surface area contributed by atoms with E-state index in [1.54, 1.807) is 54.6 Å². The summed E-state index contributed by atoms with van der Waals surface area (Å²) in [5, 5.41) is 2.80. The summed E-state index contributed by atoms with van der Waals surface area (Å²) in [5.74, 6) is 0.329. The Bertz CT molecular complexity index is 870. The van der Waals surface area contributed by atoms with Gasteiger partial charge in [-0.3, -0.25) is 4.79 Å². The van der Waals surface area contributed by atoms with E-state index in [9.17, 15) is 13.2 Å². The number of nitrogens with two attached hydrogens (primary N) is 1. The summed E-state index contributed by atoms with van der Waals surface area (Å²) < 4.78 is 32.4. The van der Waals surface area contributed by atoms with Gasteiger partial charge in [0.15, 0.2) is 0 Å². The fourth-order valence-electron chi connectivity index (χ4n) is 3.05. The largest absolute Gasteiger partial charge is 0.492 e. The monoisotopic (exact) mass is 389 g/mol. The van der Waals surface area contributed by atoms with E-state index in [0.29, 0.717) is 44.0 Å². The van der Waals surface area contributed by atoms with Crippen molar-refractivity contribution in [3.8, 4) is 5.75 Å².